The summed E-state index contributed by atoms with van der Waals surface area (Å²) in [6.07, 6.45) is 1.08. The van der Waals surface area contributed by atoms with Gasteiger partial charge < -0.3 is 19.5 Å². The summed E-state index contributed by atoms with van der Waals surface area (Å²) in [5.41, 5.74) is 2.01. The lowest BCUT2D eigenvalue weighted by molar-refractivity contribution is -0.113. The molecule has 172 valence electrons. The van der Waals surface area contributed by atoms with Crippen LogP contribution in [0.2, 0.25) is 0 Å². The number of amides is 1. The van der Waals surface area contributed by atoms with Crippen molar-refractivity contribution in [3.05, 3.63) is 52.4 Å². The van der Waals surface area contributed by atoms with Gasteiger partial charge in [-0.15, -0.1) is 0 Å². The van der Waals surface area contributed by atoms with E-state index in [9.17, 15) is 9.59 Å². The monoisotopic (exact) mass is 500 g/mol. The van der Waals surface area contributed by atoms with Crippen molar-refractivity contribution in [1.82, 2.24) is 14.5 Å². The van der Waals surface area contributed by atoms with Gasteiger partial charge in [-0.1, -0.05) is 41.4 Å². The number of carbonyl (C=O) groups excluding carboxylic acids is 1. The standard InChI is InChI=1S/C23H24N4O3S3/c1-2-30-16-6-7-17-19(9-16)33-22(24-17)25-20(28)13-32-23(31)26-10-14-8-15(12-26)18-4-3-5-21(29)27(18)11-14/h3-7,9,14-15H,2,8,10-13H2,1H3,(H,24,25,28)/t14-,15+/m1/s1. The molecule has 1 aromatic carbocycles. The van der Waals surface area contributed by atoms with Crippen molar-refractivity contribution >= 4 is 60.9 Å². The molecule has 2 atom stereocenters. The number of thiocarbonyl (C=S) groups is 1. The summed E-state index contributed by atoms with van der Waals surface area (Å²) in [6, 6.07) is 11.2. The Morgan fingerprint density at radius 1 is 1.30 bits per heavy atom. The molecule has 5 rings (SSSR count). The Hall–Kier alpha value is -2.43. The lowest BCUT2D eigenvalue weighted by atomic mass is 9.83. The van der Waals surface area contributed by atoms with Gasteiger partial charge in [-0.3, -0.25) is 9.59 Å². The van der Waals surface area contributed by atoms with Crippen molar-refractivity contribution in [2.45, 2.75) is 25.8 Å². The average Bonchev–Trinajstić information content (AvgIpc) is 3.19. The zero-order valence-corrected chi connectivity index (χ0v) is 20.6. The largest absolute Gasteiger partial charge is 0.494 e. The number of nitrogens with zero attached hydrogens (tertiary/aromatic N) is 3. The zero-order valence-electron chi connectivity index (χ0n) is 18.2. The summed E-state index contributed by atoms with van der Waals surface area (Å²) < 4.78 is 9.15. The lowest BCUT2D eigenvalue weighted by Crippen LogP contribution is -2.48. The molecule has 1 fully saturated rings. The van der Waals surface area contributed by atoms with E-state index in [4.69, 9.17) is 17.0 Å². The topological polar surface area (TPSA) is 76.5 Å². The number of thiazole rings is 1. The van der Waals surface area contributed by atoms with Crippen molar-refractivity contribution in [2.24, 2.45) is 5.92 Å². The molecule has 1 saturated heterocycles. The SMILES string of the molecule is CCOc1ccc2nc(NC(=O)CSC(=S)N3C[C@H]4C[C@@H](C3)c3cccc(=O)n3C4)sc2c1. The first kappa shape index (κ1) is 22.4. The number of rotatable bonds is 5. The lowest BCUT2D eigenvalue weighted by Gasteiger charge is -2.43. The van der Waals surface area contributed by atoms with E-state index < -0.39 is 0 Å². The molecule has 2 bridgehead atoms. The molecule has 1 amide bonds. The number of nitrogens with one attached hydrogen (secondary N) is 1. The molecule has 2 aromatic heterocycles. The minimum absolute atomic E-state index is 0.0771. The number of fused-ring (bicyclic) bond motifs is 5. The Morgan fingerprint density at radius 2 is 2.18 bits per heavy atom. The van der Waals surface area contributed by atoms with E-state index >= 15 is 0 Å². The summed E-state index contributed by atoms with van der Waals surface area (Å²) in [5, 5.41) is 3.46. The van der Waals surface area contributed by atoms with Crippen molar-refractivity contribution in [3.63, 3.8) is 0 Å². The highest BCUT2D eigenvalue weighted by Crippen LogP contribution is 2.36. The summed E-state index contributed by atoms with van der Waals surface area (Å²) in [7, 11) is 0. The average molecular weight is 501 g/mol. The third-order valence-corrected chi connectivity index (χ3v) is 8.44. The quantitative estimate of drug-likeness (QED) is 0.532. The molecule has 33 heavy (non-hydrogen) atoms. The first-order valence-electron chi connectivity index (χ1n) is 10.9. The van der Waals surface area contributed by atoms with Gasteiger partial charge in [0.1, 0.15) is 10.1 Å². The van der Waals surface area contributed by atoms with Gasteiger partial charge in [0.05, 0.1) is 22.6 Å². The van der Waals surface area contributed by atoms with Gasteiger partial charge in [0.15, 0.2) is 5.13 Å². The van der Waals surface area contributed by atoms with Crippen LogP contribution < -0.4 is 15.6 Å². The molecule has 2 aliphatic heterocycles. The van der Waals surface area contributed by atoms with Crippen LogP contribution in [0.4, 0.5) is 5.13 Å². The number of hydrogen-bond donors (Lipinski definition) is 1. The first-order chi connectivity index (χ1) is 16.0. The maximum Gasteiger partial charge on any atom is 0.250 e. The van der Waals surface area contributed by atoms with E-state index in [0.717, 1.165) is 52.0 Å². The van der Waals surface area contributed by atoms with Gasteiger partial charge in [0.25, 0.3) is 5.56 Å². The number of thioether (sulfide) groups is 1. The van der Waals surface area contributed by atoms with Crippen LogP contribution in [0.3, 0.4) is 0 Å². The number of likely N-dealkylation sites (tertiary alicyclic amines) is 1. The fraction of sp³-hybridized carbons (Fsp3) is 0.391. The predicted octanol–water partition coefficient (Wildman–Crippen LogP) is 3.93. The first-order valence-corrected chi connectivity index (χ1v) is 13.2. The summed E-state index contributed by atoms with van der Waals surface area (Å²) in [4.78, 5) is 31.4. The molecule has 0 saturated carbocycles. The highest BCUT2D eigenvalue weighted by molar-refractivity contribution is 8.23. The van der Waals surface area contributed by atoms with Gasteiger partial charge in [0, 0.05) is 37.3 Å². The molecule has 2 aliphatic rings. The van der Waals surface area contributed by atoms with Gasteiger partial charge in [-0.05, 0) is 43.5 Å². The number of pyridine rings is 1. The molecule has 1 N–H and O–H groups in total. The molecule has 10 heteroatoms. The molecule has 4 heterocycles. The van der Waals surface area contributed by atoms with Gasteiger partial charge in [-0.2, -0.15) is 0 Å². The maximum absolute atomic E-state index is 12.5. The number of ether oxygens (including phenoxy) is 1. The Balaban J connectivity index is 1.17. The number of anilines is 1. The van der Waals surface area contributed by atoms with Crippen LogP contribution in [-0.2, 0) is 11.3 Å². The Morgan fingerprint density at radius 3 is 3.03 bits per heavy atom. The minimum atomic E-state index is -0.125. The van der Waals surface area contributed by atoms with Crippen LogP contribution in [0, 0.1) is 5.92 Å². The molecular formula is C23H24N4O3S3. The minimum Gasteiger partial charge on any atom is -0.494 e. The van der Waals surface area contributed by atoms with E-state index in [1.165, 1.54) is 23.1 Å². The highest BCUT2D eigenvalue weighted by atomic mass is 32.2. The fourth-order valence-corrected chi connectivity index (χ4v) is 6.53. The summed E-state index contributed by atoms with van der Waals surface area (Å²) in [6.45, 7) is 4.90. The van der Waals surface area contributed by atoms with Gasteiger partial charge in [-0.25, -0.2) is 4.98 Å². The van der Waals surface area contributed by atoms with Crippen LogP contribution in [0.25, 0.3) is 10.2 Å². The van der Waals surface area contributed by atoms with Crippen LogP contribution in [0.1, 0.15) is 25.0 Å². The highest BCUT2D eigenvalue weighted by Gasteiger charge is 2.35. The summed E-state index contributed by atoms with van der Waals surface area (Å²) >= 11 is 8.48. The number of carbonyl (C=O) groups is 1. The van der Waals surface area contributed by atoms with E-state index in [0.29, 0.717) is 23.6 Å². The molecule has 3 aromatic rings. The smallest absolute Gasteiger partial charge is 0.250 e. The number of piperidine rings is 1. The Labute approximate surface area is 205 Å². The zero-order chi connectivity index (χ0) is 22.9. The van der Waals surface area contributed by atoms with Gasteiger partial charge >= 0.3 is 0 Å². The van der Waals surface area contributed by atoms with Crippen LogP contribution >= 0.6 is 35.3 Å². The van der Waals surface area contributed by atoms with Crippen molar-refractivity contribution in [3.8, 4) is 5.75 Å². The third kappa shape index (κ3) is 4.78. The Bertz CT molecular complexity index is 1270. The normalized spacial score (nSPS) is 19.2. The van der Waals surface area contributed by atoms with Crippen LogP contribution in [0.15, 0.2) is 41.2 Å². The van der Waals surface area contributed by atoms with E-state index in [-0.39, 0.29) is 17.2 Å². The number of hydrogen-bond acceptors (Lipinski definition) is 7. The molecular weight excluding hydrogens is 476 g/mol. The van der Waals surface area contributed by atoms with Crippen molar-refractivity contribution < 1.29 is 9.53 Å². The van der Waals surface area contributed by atoms with Crippen LogP contribution in [0.5, 0.6) is 5.75 Å². The van der Waals surface area contributed by atoms with E-state index in [1.54, 1.807) is 6.07 Å². The van der Waals surface area contributed by atoms with Crippen molar-refractivity contribution in [2.75, 3.05) is 30.8 Å². The number of aromatic nitrogens is 2. The van der Waals surface area contributed by atoms with Crippen molar-refractivity contribution in [1.29, 1.82) is 0 Å². The Kier molecular flexibility index (Phi) is 6.40. The summed E-state index contributed by atoms with van der Waals surface area (Å²) in [5.74, 6) is 1.60. The van der Waals surface area contributed by atoms with Gasteiger partial charge in [0.2, 0.25) is 5.91 Å². The molecule has 0 radical (unpaired) electrons. The molecule has 0 aliphatic carbocycles. The molecule has 0 spiro atoms. The van der Waals surface area contributed by atoms with Crippen LogP contribution in [-0.4, -0.2) is 50.1 Å². The second-order valence-electron chi connectivity index (χ2n) is 8.29. The van der Waals surface area contributed by atoms with E-state index in [1.807, 2.05) is 41.8 Å². The second kappa shape index (κ2) is 9.44. The maximum atomic E-state index is 12.5. The second-order valence-corrected chi connectivity index (χ2v) is 10.9. The fourth-order valence-electron chi connectivity index (χ4n) is 4.63. The molecule has 7 nitrogen and oxygen atoms in total. The van der Waals surface area contributed by atoms with E-state index in [2.05, 4.69) is 15.2 Å². The predicted molar refractivity (Wildman–Crippen MR) is 138 cm³/mol. The third-order valence-electron chi connectivity index (χ3n) is 5.98. The number of benzene rings is 1. The molecule has 0 unspecified atom stereocenters.